The molecule has 2 heterocycles. The molecule has 0 spiro atoms. The number of para-hydroxylation sites is 1. The van der Waals surface area contributed by atoms with Crippen molar-refractivity contribution in [3.63, 3.8) is 0 Å². The third kappa shape index (κ3) is 4.23. The van der Waals surface area contributed by atoms with Crippen molar-refractivity contribution in [3.05, 3.63) is 101 Å². The number of aromatic nitrogens is 2. The number of ether oxygens (including phenoxy) is 2. The Bertz CT molecular complexity index is 1420. The van der Waals surface area contributed by atoms with E-state index in [0.29, 0.717) is 34.3 Å². The Morgan fingerprint density at radius 3 is 2.66 bits per heavy atom. The molecule has 0 aliphatic carbocycles. The second-order valence-electron chi connectivity index (χ2n) is 8.30. The fraction of sp³-hybridized carbons (Fsp3) is 0.185. The summed E-state index contributed by atoms with van der Waals surface area (Å²) in [6.07, 6.45) is 0.159. The summed E-state index contributed by atoms with van der Waals surface area (Å²) in [5, 5.41) is 7.50. The van der Waals surface area contributed by atoms with Crippen molar-refractivity contribution < 1.29 is 23.0 Å². The molecule has 5 rings (SSSR count). The summed E-state index contributed by atoms with van der Waals surface area (Å²) in [6, 6.07) is 17.9. The summed E-state index contributed by atoms with van der Waals surface area (Å²) < 4.78 is 41.3. The summed E-state index contributed by atoms with van der Waals surface area (Å²) >= 11 is 0. The van der Waals surface area contributed by atoms with Crippen LogP contribution in [-0.2, 0) is 11.4 Å². The van der Waals surface area contributed by atoms with Gasteiger partial charge in [0.2, 0.25) is 5.91 Å². The predicted octanol–water partition coefficient (Wildman–Crippen LogP) is 5.52. The maximum absolute atomic E-state index is 14.2. The lowest BCUT2D eigenvalue weighted by Gasteiger charge is -2.26. The van der Waals surface area contributed by atoms with Gasteiger partial charge in [0, 0.05) is 29.0 Å². The minimum absolute atomic E-state index is 0.00659. The number of benzene rings is 3. The fourth-order valence-electron chi connectivity index (χ4n) is 4.50. The quantitative estimate of drug-likeness (QED) is 0.399. The molecule has 1 amide bonds. The summed E-state index contributed by atoms with van der Waals surface area (Å²) in [4.78, 5) is 12.8. The van der Waals surface area contributed by atoms with Crippen LogP contribution in [0.1, 0.15) is 34.7 Å². The van der Waals surface area contributed by atoms with Crippen molar-refractivity contribution in [2.45, 2.75) is 25.9 Å². The van der Waals surface area contributed by atoms with Crippen molar-refractivity contribution in [2.75, 3.05) is 12.4 Å². The monoisotopic (exact) mass is 475 g/mol. The van der Waals surface area contributed by atoms with E-state index in [-0.39, 0.29) is 24.8 Å². The molecule has 1 N–H and O–H groups in total. The highest BCUT2D eigenvalue weighted by Gasteiger charge is 2.35. The first kappa shape index (κ1) is 22.6. The Hall–Kier alpha value is -4.20. The number of aryl methyl sites for hydroxylation is 1. The van der Waals surface area contributed by atoms with E-state index in [4.69, 9.17) is 9.47 Å². The Morgan fingerprint density at radius 1 is 1.09 bits per heavy atom. The van der Waals surface area contributed by atoms with E-state index in [1.165, 1.54) is 30.0 Å². The van der Waals surface area contributed by atoms with Gasteiger partial charge in [-0.1, -0.05) is 36.4 Å². The number of hydrogen-bond acceptors (Lipinski definition) is 4. The molecule has 3 aromatic carbocycles. The first-order chi connectivity index (χ1) is 17.0. The van der Waals surface area contributed by atoms with E-state index >= 15 is 0 Å². The van der Waals surface area contributed by atoms with Crippen LogP contribution < -0.4 is 14.8 Å². The Labute approximate surface area is 201 Å². The molecule has 6 nitrogen and oxygen atoms in total. The number of rotatable bonds is 6. The second kappa shape index (κ2) is 9.21. The van der Waals surface area contributed by atoms with E-state index in [1.807, 2.05) is 19.1 Å². The second-order valence-corrected chi connectivity index (χ2v) is 8.30. The SMILES string of the molecule is COc1cccc(C2CC(=O)Nc3c2c(C)nn3-c2cccc(F)c2)c1OCc1ccccc1F. The largest absolute Gasteiger partial charge is 0.493 e. The summed E-state index contributed by atoms with van der Waals surface area (Å²) in [5.41, 5.74) is 3.12. The molecule has 8 heteroatoms. The van der Waals surface area contributed by atoms with Crippen molar-refractivity contribution in [2.24, 2.45) is 0 Å². The Morgan fingerprint density at radius 2 is 1.89 bits per heavy atom. The van der Waals surface area contributed by atoms with Gasteiger partial charge in [-0.15, -0.1) is 0 Å². The lowest BCUT2D eigenvalue weighted by molar-refractivity contribution is -0.116. The van der Waals surface area contributed by atoms with Gasteiger partial charge >= 0.3 is 0 Å². The van der Waals surface area contributed by atoms with Crippen molar-refractivity contribution >= 4 is 11.7 Å². The van der Waals surface area contributed by atoms with Crippen molar-refractivity contribution in [3.8, 4) is 17.2 Å². The van der Waals surface area contributed by atoms with Crippen LogP contribution >= 0.6 is 0 Å². The topological polar surface area (TPSA) is 65.4 Å². The molecule has 1 aromatic heterocycles. The first-order valence-corrected chi connectivity index (χ1v) is 11.1. The number of carbonyl (C=O) groups is 1. The van der Waals surface area contributed by atoms with Crippen LogP contribution in [0.4, 0.5) is 14.6 Å². The van der Waals surface area contributed by atoms with Crippen LogP contribution in [0.2, 0.25) is 0 Å². The standard InChI is InChI=1S/C27H23F2N3O3/c1-16-25-21(14-24(33)30-27(25)32(31-16)19-9-5-8-18(28)13-19)20-10-6-12-23(34-2)26(20)35-15-17-7-3-4-11-22(17)29/h3-13,21H,14-15H2,1-2H3,(H,30,33). The molecule has 35 heavy (non-hydrogen) atoms. The summed E-state index contributed by atoms with van der Waals surface area (Å²) in [5.74, 6) is 0.0190. The lowest BCUT2D eigenvalue weighted by Crippen LogP contribution is -2.25. The van der Waals surface area contributed by atoms with Crippen LogP contribution in [0.3, 0.4) is 0 Å². The van der Waals surface area contributed by atoms with Crippen LogP contribution in [0.5, 0.6) is 11.5 Å². The van der Waals surface area contributed by atoms with Crippen molar-refractivity contribution in [1.82, 2.24) is 9.78 Å². The number of halogens is 2. The molecule has 0 saturated heterocycles. The summed E-state index contributed by atoms with van der Waals surface area (Å²) in [6.45, 7) is 1.84. The lowest BCUT2D eigenvalue weighted by atomic mass is 9.85. The number of amides is 1. The normalized spacial score (nSPS) is 14.9. The smallest absolute Gasteiger partial charge is 0.226 e. The number of nitrogens with zero attached hydrogens (tertiary/aromatic N) is 2. The minimum Gasteiger partial charge on any atom is -0.493 e. The van der Waals surface area contributed by atoms with E-state index in [2.05, 4.69) is 10.4 Å². The number of methoxy groups -OCH3 is 1. The molecule has 1 aliphatic rings. The van der Waals surface area contributed by atoms with Gasteiger partial charge in [-0.05, 0) is 37.3 Å². The molecule has 1 aliphatic heterocycles. The van der Waals surface area contributed by atoms with Gasteiger partial charge in [0.05, 0.1) is 18.5 Å². The van der Waals surface area contributed by atoms with Gasteiger partial charge in [-0.2, -0.15) is 5.10 Å². The average Bonchev–Trinajstić information content (AvgIpc) is 3.19. The van der Waals surface area contributed by atoms with E-state index in [9.17, 15) is 13.6 Å². The molecule has 0 radical (unpaired) electrons. The number of fused-ring (bicyclic) bond motifs is 1. The van der Waals surface area contributed by atoms with Crippen LogP contribution in [-0.4, -0.2) is 22.8 Å². The molecule has 0 bridgehead atoms. The minimum atomic E-state index is -0.403. The highest BCUT2D eigenvalue weighted by atomic mass is 19.1. The molecular weight excluding hydrogens is 452 g/mol. The number of nitrogens with one attached hydrogen (secondary N) is 1. The van der Waals surface area contributed by atoms with Crippen LogP contribution in [0.15, 0.2) is 66.7 Å². The van der Waals surface area contributed by atoms with Crippen molar-refractivity contribution in [1.29, 1.82) is 0 Å². The number of anilines is 1. The van der Waals surface area contributed by atoms with E-state index in [1.54, 1.807) is 36.4 Å². The number of carbonyl (C=O) groups excluding carboxylic acids is 1. The fourth-order valence-corrected chi connectivity index (χ4v) is 4.50. The zero-order valence-electron chi connectivity index (χ0n) is 19.2. The predicted molar refractivity (Wildman–Crippen MR) is 127 cm³/mol. The molecule has 1 unspecified atom stereocenters. The first-order valence-electron chi connectivity index (χ1n) is 11.1. The zero-order valence-corrected chi connectivity index (χ0v) is 19.2. The van der Waals surface area contributed by atoms with Gasteiger partial charge in [0.1, 0.15) is 24.1 Å². The van der Waals surface area contributed by atoms with Crippen LogP contribution in [0, 0.1) is 18.6 Å². The average molecular weight is 475 g/mol. The van der Waals surface area contributed by atoms with Gasteiger partial charge in [0.15, 0.2) is 11.5 Å². The molecule has 0 saturated carbocycles. The van der Waals surface area contributed by atoms with Gasteiger partial charge in [-0.25, -0.2) is 13.5 Å². The molecule has 1 atom stereocenters. The Balaban J connectivity index is 1.60. The molecular formula is C27H23F2N3O3. The Kier molecular flexibility index (Phi) is 5.94. The maximum Gasteiger partial charge on any atom is 0.226 e. The highest BCUT2D eigenvalue weighted by molar-refractivity contribution is 5.95. The van der Waals surface area contributed by atoms with Gasteiger partial charge in [-0.3, -0.25) is 4.79 Å². The zero-order chi connectivity index (χ0) is 24.5. The van der Waals surface area contributed by atoms with Gasteiger partial charge in [0.25, 0.3) is 0 Å². The summed E-state index contributed by atoms with van der Waals surface area (Å²) in [7, 11) is 1.53. The maximum atomic E-state index is 14.2. The third-order valence-corrected chi connectivity index (χ3v) is 6.09. The van der Waals surface area contributed by atoms with E-state index < -0.39 is 11.7 Å². The highest BCUT2D eigenvalue weighted by Crippen LogP contribution is 2.46. The number of hydrogen-bond donors (Lipinski definition) is 1. The van der Waals surface area contributed by atoms with Crippen LogP contribution in [0.25, 0.3) is 5.69 Å². The third-order valence-electron chi connectivity index (χ3n) is 6.09. The van der Waals surface area contributed by atoms with Gasteiger partial charge < -0.3 is 14.8 Å². The molecule has 4 aromatic rings. The molecule has 178 valence electrons. The molecule has 0 fully saturated rings. The van der Waals surface area contributed by atoms with E-state index in [0.717, 1.165) is 11.1 Å².